The first kappa shape index (κ1) is 22.9. The minimum absolute atomic E-state index is 0. The summed E-state index contributed by atoms with van der Waals surface area (Å²) in [5.74, 6) is -1.67. The molecule has 0 fully saturated rings. The van der Waals surface area contributed by atoms with Gasteiger partial charge in [-0.15, -0.1) is 0 Å². The second-order valence-electron chi connectivity index (χ2n) is 4.44. The van der Waals surface area contributed by atoms with Crippen LogP contribution in [0, 0.1) is 0 Å². The Morgan fingerprint density at radius 1 is 0.947 bits per heavy atom. The molecular formula is C12H19Cl4NaO2. The molecule has 0 aliphatic carbocycles. The molecule has 0 saturated carbocycles. The van der Waals surface area contributed by atoms with Gasteiger partial charge in [0.1, 0.15) is 0 Å². The molecule has 0 aromatic carbocycles. The summed E-state index contributed by atoms with van der Waals surface area (Å²) in [4.78, 5) is 10.7. The Morgan fingerprint density at radius 2 is 1.37 bits per heavy atom. The van der Waals surface area contributed by atoms with Crippen LogP contribution in [0.4, 0.5) is 0 Å². The Hall–Kier alpha value is 1.63. The summed E-state index contributed by atoms with van der Waals surface area (Å²) in [5.41, 5.74) is 0. The SMILES string of the molecule is CCCCCCCCCC(Cl)(Cl)C(Cl)(Cl)C(=O)[O-].[Na+]. The van der Waals surface area contributed by atoms with Crippen LogP contribution in [-0.2, 0) is 4.79 Å². The number of rotatable bonds is 10. The van der Waals surface area contributed by atoms with Crippen LogP contribution in [0.2, 0.25) is 0 Å². The van der Waals surface area contributed by atoms with Crippen LogP contribution < -0.4 is 34.7 Å². The predicted octanol–water partition coefficient (Wildman–Crippen LogP) is 1.23. The van der Waals surface area contributed by atoms with Crippen LogP contribution in [0.1, 0.15) is 58.3 Å². The van der Waals surface area contributed by atoms with Gasteiger partial charge >= 0.3 is 29.6 Å². The number of halogens is 4. The quantitative estimate of drug-likeness (QED) is 0.334. The van der Waals surface area contributed by atoms with Gasteiger partial charge in [0.05, 0.1) is 5.97 Å². The average molecular weight is 360 g/mol. The van der Waals surface area contributed by atoms with Gasteiger partial charge in [-0.1, -0.05) is 98.3 Å². The van der Waals surface area contributed by atoms with Crippen molar-refractivity contribution in [3.8, 4) is 0 Å². The number of carboxylic acid groups (broad SMARTS) is 1. The fourth-order valence-electron chi connectivity index (χ4n) is 1.61. The maximum absolute atomic E-state index is 10.7. The van der Waals surface area contributed by atoms with Crippen molar-refractivity contribution in [2.24, 2.45) is 0 Å². The average Bonchev–Trinajstić information content (AvgIpc) is 2.27. The summed E-state index contributed by atoms with van der Waals surface area (Å²) in [6, 6.07) is 0. The summed E-state index contributed by atoms with van der Waals surface area (Å²) in [5, 5.41) is 10.7. The largest absolute Gasteiger partial charge is 1.00 e. The number of aliphatic carboxylic acids is 1. The molecule has 0 saturated heterocycles. The summed E-state index contributed by atoms with van der Waals surface area (Å²) < 4.78 is -4.00. The van der Waals surface area contributed by atoms with Crippen molar-refractivity contribution in [3.63, 3.8) is 0 Å². The number of hydrogen-bond donors (Lipinski definition) is 0. The van der Waals surface area contributed by atoms with Gasteiger partial charge in [0.25, 0.3) is 0 Å². The van der Waals surface area contributed by atoms with Gasteiger partial charge in [-0.05, 0) is 6.42 Å². The topological polar surface area (TPSA) is 40.1 Å². The van der Waals surface area contributed by atoms with E-state index >= 15 is 0 Å². The van der Waals surface area contributed by atoms with Crippen molar-refractivity contribution < 1.29 is 39.5 Å². The first-order valence-corrected chi connectivity index (χ1v) is 7.74. The van der Waals surface area contributed by atoms with Gasteiger partial charge in [0, 0.05) is 0 Å². The minimum atomic E-state index is -2.28. The molecule has 0 heterocycles. The number of unbranched alkanes of at least 4 members (excludes halogenated alkanes) is 6. The van der Waals surface area contributed by atoms with Crippen molar-refractivity contribution in [2.45, 2.75) is 67.0 Å². The molecule has 0 bridgehead atoms. The molecule has 0 radical (unpaired) electrons. The number of carbonyl (C=O) groups is 1. The monoisotopic (exact) mass is 358 g/mol. The molecule has 0 aliphatic rings. The van der Waals surface area contributed by atoms with Crippen molar-refractivity contribution in [2.75, 3.05) is 0 Å². The number of hydrogen-bond acceptors (Lipinski definition) is 2. The molecule has 0 atom stereocenters. The molecule has 19 heavy (non-hydrogen) atoms. The third kappa shape index (κ3) is 8.60. The van der Waals surface area contributed by atoms with Crippen LogP contribution in [-0.4, -0.2) is 14.6 Å². The fraction of sp³-hybridized carbons (Fsp3) is 0.917. The molecule has 108 valence electrons. The van der Waals surface area contributed by atoms with Crippen LogP contribution in [0.5, 0.6) is 0 Å². The van der Waals surface area contributed by atoms with Gasteiger partial charge in [-0.25, -0.2) is 0 Å². The van der Waals surface area contributed by atoms with Gasteiger partial charge in [0.2, 0.25) is 0 Å². The zero-order valence-electron chi connectivity index (χ0n) is 11.5. The smallest absolute Gasteiger partial charge is 0.547 e. The normalized spacial score (nSPS) is 12.1. The minimum Gasteiger partial charge on any atom is -0.547 e. The Kier molecular flexibility index (Phi) is 13.5. The molecule has 0 unspecified atom stereocenters. The van der Waals surface area contributed by atoms with Crippen molar-refractivity contribution in [3.05, 3.63) is 0 Å². The van der Waals surface area contributed by atoms with E-state index in [1.54, 1.807) is 0 Å². The molecular weight excluding hydrogens is 341 g/mol. The van der Waals surface area contributed by atoms with Crippen LogP contribution >= 0.6 is 46.4 Å². The maximum atomic E-state index is 10.7. The van der Waals surface area contributed by atoms with Crippen LogP contribution in [0.3, 0.4) is 0 Å². The van der Waals surface area contributed by atoms with Crippen molar-refractivity contribution in [1.29, 1.82) is 0 Å². The molecule has 0 amide bonds. The Balaban J connectivity index is 0. The van der Waals surface area contributed by atoms with Gasteiger partial charge < -0.3 is 9.90 Å². The molecule has 2 nitrogen and oxygen atoms in total. The fourth-order valence-corrected chi connectivity index (χ4v) is 2.22. The molecule has 0 aliphatic heterocycles. The van der Waals surface area contributed by atoms with E-state index in [-0.39, 0.29) is 36.0 Å². The summed E-state index contributed by atoms with van der Waals surface area (Å²) >= 11 is 22.9. The van der Waals surface area contributed by atoms with Gasteiger partial charge in [0.15, 0.2) is 8.67 Å². The molecule has 0 N–H and O–H groups in total. The molecule has 0 spiro atoms. The van der Waals surface area contributed by atoms with E-state index in [9.17, 15) is 9.90 Å². The Morgan fingerprint density at radius 3 is 1.79 bits per heavy atom. The predicted molar refractivity (Wildman–Crippen MR) is 76.5 cm³/mol. The first-order chi connectivity index (χ1) is 8.25. The van der Waals surface area contributed by atoms with Gasteiger partial charge in [-0.2, -0.15) is 0 Å². The number of carbonyl (C=O) groups excluding carboxylic acids is 1. The summed E-state index contributed by atoms with van der Waals surface area (Å²) in [6.07, 6.45) is 7.76. The molecule has 0 aromatic rings. The van der Waals surface area contributed by atoms with E-state index < -0.39 is 14.6 Å². The molecule has 0 aromatic heterocycles. The zero-order valence-corrected chi connectivity index (χ0v) is 16.5. The van der Waals surface area contributed by atoms with E-state index in [0.717, 1.165) is 12.8 Å². The zero-order chi connectivity index (χ0) is 14.2. The van der Waals surface area contributed by atoms with E-state index in [1.165, 1.54) is 25.7 Å². The van der Waals surface area contributed by atoms with E-state index in [0.29, 0.717) is 6.42 Å². The van der Waals surface area contributed by atoms with E-state index in [1.807, 2.05) is 0 Å². The van der Waals surface area contributed by atoms with E-state index in [2.05, 4.69) is 6.92 Å². The second-order valence-corrected chi connectivity index (χ2v) is 7.25. The van der Waals surface area contributed by atoms with Crippen molar-refractivity contribution in [1.82, 2.24) is 0 Å². The van der Waals surface area contributed by atoms with Crippen LogP contribution in [0.15, 0.2) is 0 Å². The Bertz CT molecular complexity index is 260. The third-order valence-corrected chi connectivity index (χ3v) is 5.10. The first-order valence-electron chi connectivity index (χ1n) is 6.22. The van der Waals surface area contributed by atoms with Crippen molar-refractivity contribution >= 4 is 52.4 Å². The standard InChI is InChI=1S/C12H20Cl4O2.Na/c1-2-3-4-5-6-7-8-9-11(13,14)12(15,16)10(17)18;/h2-9H2,1H3,(H,17,18);/q;+1/p-1. The van der Waals surface area contributed by atoms with Gasteiger partial charge in [-0.3, -0.25) is 0 Å². The molecule has 0 rings (SSSR count). The number of alkyl halides is 4. The maximum Gasteiger partial charge on any atom is 1.00 e. The second kappa shape index (κ2) is 11.2. The Labute approximate surface area is 157 Å². The summed E-state index contributed by atoms with van der Waals surface area (Å²) in [7, 11) is 0. The third-order valence-electron chi connectivity index (χ3n) is 2.81. The van der Waals surface area contributed by atoms with E-state index in [4.69, 9.17) is 46.4 Å². The number of carboxylic acids is 1. The summed E-state index contributed by atoms with van der Waals surface area (Å²) in [6.45, 7) is 2.16. The van der Waals surface area contributed by atoms with Crippen LogP contribution in [0.25, 0.3) is 0 Å². The molecule has 7 heteroatoms.